The molecular weight excluding hydrogens is 398 g/mol. The second-order valence-corrected chi connectivity index (χ2v) is 7.57. The fourth-order valence-electron chi connectivity index (χ4n) is 3.53. The van der Waals surface area contributed by atoms with Crippen LogP contribution in [-0.2, 0) is 4.79 Å². The average Bonchev–Trinajstić information content (AvgIpc) is 3.08. The molecule has 1 saturated carbocycles. The molecule has 2 fully saturated rings. The molecule has 1 amide bonds. The maximum absolute atomic E-state index is 12.9. The maximum atomic E-state index is 12.9. The highest BCUT2D eigenvalue weighted by Gasteiger charge is 2.40. The minimum Gasteiger partial charge on any atom is -0.335 e. The number of carbonyl (C=O) groups is 2. The Morgan fingerprint density at radius 1 is 1.19 bits per heavy atom. The van der Waals surface area contributed by atoms with Gasteiger partial charge in [-0.05, 0) is 59.8 Å². The van der Waals surface area contributed by atoms with Crippen molar-refractivity contribution in [1.82, 2.24) is 4.90 Å². The van der Waals surface area contributed by atoms with Crippen molar-refractivity contribution in [3.8, 4) is 0 Å². The van der Waals surface area contributed by atoms with Crippen LogP contribution >= 0.6 is 31.9 Å². The number of ketones is 1. The Morgan fingerprint density at radius 3 is 2.71 bits per heavy atom. The summed E-state index contributed by atoms with van der Waals surface area (Å²) in [6.45, 7) is 0.756. The van der Waals surface area contributed by atoms with E-state index in [1.54, 1.807) is 0 Å². The molecule has 5 heteroatoms. The highest BCUT2D eigenvalue weighted by molar-refractivity contribution is 9.11. The van der Waals surface area contributed by atoms with Crippen LogP contribution in [0.15, 0.2) is 27.1 Å². The summed E-state index contributed by atoms with van der Waals surface area (Å²) in [5.41, 5.74) is 0.668. The van der Waals surface area contributed by atoms with Gasteiger partial charge in [0.25, 0.3) is 5.91 Å². The number of carbonyl (C=O) groups excluding carboxylic acids is 2. The Bertz CT molecular complexity index is 588. The summed E-state index contributed by atoms with van der Waals surface area (Å²) < 4.78 is 1.70. The molecule has 1 saturated heterocycles. The van der Waals surface area contributed by atoms with E-state index in [0.717, 1.165) is 41.2 Å². The molecule has 0 bridgehead atoms. The van der Waals surface area contributed by atoms with Crippen LogP contribution in [0.4, 0.5) is 0 Å². The number of nitrogens with zero attached hydrogens (tertiary/aromatic N) is 1. The fraction of sp³-hybridized carbons (Fsp3) is 0.500. The summed E-state index contributed by atoms with van der Waals surface area (Å²) in [4.78, 5) is 26.8. The molecule has 0 radical (unpaired) electrons. The van der Waals surface area contributed by atoms with E-state index in [-0.39, 0.29) is 17.9 Å². The van der Waals surface area contributed by atoms with Gasteiger partial charge in [-0.3, -0.25) is 9.59 Å². The minimum absolute atomic E-state index is 0.0328. The Labute approximate surface area is 141 Å². The van der Waals surface area contributed by atoms with Crippen molar-refractivity contribution in [1.29, 1.82) is 0 Å². The first-order chi connectivity index (χ1) is 10.1. The van der Waals surface area contributed by atoms with E-state index in [1.165, 1.54) is 0 Å². The zero-order chi connectivity index (χ0) is 15.0. The summed E-state index contributed by atoms with van der Waals surface area (Å²) in [5.74, 6) is 0.431. The zero-order valence-electron chi connectivity index (χ0n) is 11.6. The molecule has 1 aliphatic carbocycles. The third kappa shape index (κ3) is 2.95. The Balaban J connectivity index is 1.86. The topological polar surface area (TPSA) is 37.4 Å². The number of rotatable bonds is 2. The van der Waals surface area contributed by atoms with Crippen molar-refractivity contribution < 1.29 is 9.59 Å². The van der Waals surface area contributed by atoms with Gasteiger partial charge in [-0.1, -0.05) is 15.9 Å². The summed E-state index contributed by atoms with van der Waals surface area (Å²) in [5, 5.41) is 0. The molecule has 112 valence electrons. The normalized spacial score (nSPS) is 25.6. The van der Waals surface area contributed by atoms with Crippen LogP contribution in [0, 0.1) is 5.92 Å². The predicted molar refractivity (Wildman–Crippen MR) is 88.2 cm³/mol. The summed E-state index contributed by atoms with van der Waals surface area (Å²) in [6, 6.07) is 5.72. The van der Waals surface area contributed by atoms with E-state index < -0.39 is 0 Å². The first-order valence-electron chi connectivity index (χ1n) is 7.36. The summed E-state index contributed by atoms with van der Waals surface area (Å²) >= 11 is 6.88. The van der Waals surface area contributed by atoms with Crippen LogP contribution in [0.3, 0.4) is 0 Å². The molecule has 0 aromatic heterocycles. The Morgan fingerprint density at radius 2 is 2.00 bits per heavy atom. The largest absolute Gasteiger partial charge is 0.335 e. The van der Waals surface area contributed by atoms with E-state index in [0.29, 0.717) is 17.8 Å². The molecule has 3 nitrogen and oxygen atoms in total. The number of benzene rings is 1. The molecule has 2 atom stereocenters. The fourth-order valence-corrected chi connectivity index (χ4v) is 4.31. The number of halogens is 2. The molecule has 3 rings (SSSR count). The van der Waals surface area contributed by atoms with Gasteiger partial charge in [-0.2, -0.15) is 0 Å². The van der Waals surface area contributed by atoms with Gasteiger partial charge in [0.05, 0.1) is 5.56 Å². The van der Waals surface area contributed by atoms with Gasteiger partial charge < -0.3 is 4.90 Å². The van der Waals surface area contributed by atoms with E-state index in [4.69, 9.17) is 0 Å². The molecule has 21 heavy (non-hydrogen) atoms. The van der Waals surface area contributed by atoms with E-state index in [9.17, 15) is 9.59 Å². The molecule has 1 aromatic rings. The van der Waals surface area contributed by atoms with Crippen LogP contribution in [0.1, 0.15) is 42.5 Å². The minimum atomic E-state index is 0.0328. The number of hydrogen-bond donors (Lipinski definition) is 0. The van der Waals surface area contributed by atoms with Gasteiger partial charge in [-0.25, -0.2) is 0 Å². The average molecular weight is 415 g/mol. The van der Waals surface area contributed by atoms with Crippen molar-refractivity contribution in [3.05, 3.63) is 32.7 Å². The van der Waals surface area contributed by atoms with E-state index in [2.05, 4.69) is 31.9 Å². The van der Waals surface area contributed by atoms with Crippen molar-refractivity contribution >= 4 is 43.6 Å². The van der Waals surface area contributed by atoms with Gasteiger partial charge in [0, 0.05) is 33.9 Å². The maximum Gasteiger partial charge on any atom is 0.255 e. The lowest BCUT2D eigenvalue weighted by Gasteiger charge is -2.29. The Hall–Kier alpha value is -0.680. The monoisotopic (exact) mass is 413 g/mol. The van der Waals surface area contributed by atoms with Crippen molar-refractivity contribution in [2.45, 2.75) is 38.1 Å². The van der Waals surface area contributed by atoms with Gasteiger partial charge in [0.2, 0.25) is 0 Å². The van der Waals surface area contributed by atoms with Crippen LogP contribution in [0.5, 0.6) is 0 Å². The molecule has 0 N–H and O–H groups in total. The summed E-state index contributed by atoms with van der Waals surface area (Å²) in [7, 11) is 0. The van der Waals surface area contributed by atoms with Gasteiger partial charge in [-0.15, -0.1) is 0 Å². The highest BCUT2D eigenvalue weighted by atomic mass is 79.9. The molecule has 2 unspecified atom stereocenters. The number of hydrogen-bond acceptors (Lipinski definition) is 2. The molecule has 0 spiro atoms. The lowest BCUT2D eigenvalue weighted by atomic mass is 9.94. The van der Waals surface area contributed by atoms with Crippen LogP contribution in [0.2, 0.25) is 0 Å². The number of Topliss-reactive ketones (excluding diaryl/α,β-unsaturated/α-hetero) is 1. The second-order valence-electron chi connectivity index (χ2n) is 5.80. The molecule has 1 aromatic carbocycles. The quantitative estimate of drug-likeness (QED) is 0.727. The highest BCUT2D eigenvalue weighted by Crippen LogP contribution is 2.35. The first-order valence-corrected chi connectivity index (χ1v) is 8.95. The second kappa shape index (κ2) is 6.21. The van der Waals surface area contributed by atoms with Crippen LogP contribution < -0.4 is 0 Å². The third-order valence-electron chi connectivity index (χ3n) is 4.54. The lowest BCUT2D eigenvalue weighted by molar-refractivity contribution is -0.121. The zero-order valence-corrected chi connectivity index (χ0v) is 14.8. The number of amides is 1. The lowest BCUT2D eigenvalue weighted by Crippen LogP contribution is -2.41. The van der Waals surface area contributed by atoms with E-state index in [1.807, 2.05) is 23.1 Å². The van der Waals surface area contributed by atoms with Gasteiger partial charge in [0.15, 0.2) is 0 Å². The van der Waals surface area contributed by atoms with Crippen molar-refractivity contribution in [3.63, 3.8) is 0 Å². The van der Waals surface area contributed by atoms with Gasteiger partial charge in [0.1, 0.15) is 5.78 Å². The molecule has 1 aliphatic heterocycles. The summed E-state index contributed by atoms with van der Waals surface area (Å²) in [6.07, 6.45) is 4.54. The molecule has 2 aliphatic rings. The van der Waals surface area contributed by atoms with Crippen molar-refractivity contribution in [2.75, 3.05) is 6.54 Å². The third-order valence-corrected chi connectivity index (χ3v) is 5.72. The SMILES string of the molecule is O=C1CCCC1C1CCCN1C(=O)c1cc(Br)ccc1Br. The van der Waals surface area contributed by atoms with Gasteiger partial charge >= 0.3 is 0 Å². The van der Waals surface area contributed by atoms with Crippen LogP contribution in [-0.4, -0.2) is 29.2 Å². The first kappa shape index (κ1) is 15.2. The van der Waals surface area contributed by atoms with E-state index >= 15 is 0 Å². The number of likely N-dealkylation sites (tertiary alicyclic amines) is 1. The predicted octanol–water partition coefficient (Wildman–Crippen LogP) is 4.19. The molecular formula is C16H17Br2NO2. The van der Waals surface area contributed by atoms with Crippen molar-refractivity contribution in [2.24, 2.45) is 5.92 Å². The Kier molecular flexibility index (Phi) is 4.50. The molecule has 1 heterocycles. The van der Waals surface area contributed by atoms with Crippen LogP contribution in [0.25, 0.3) is 0 Å². The standard InChI is InChI=1S/C16H17Br2NO2/c17-10-6-7-13(18)12(9-10)16(21)19-8-2-4-14(19)11-3-1-5-15(11)20/h6-7,9,11,14H,1-5,8H2. The smallest absolute Gasteiger partial charge is 0.255 e.